The van der Waals surface area contributed by atoms with Crippen LogP contribution < -0.4 is 4.90 Å². The van der Waals surface area contributed by atoms with Crippen LogP contribution in [0.4, 0.5) is 10.2 Å². The molecular formula is C14H13Br2FN2. The monoisotopic (exact) mass is 386 g/mol. The minimum absolute atomic E-state index is 0.105. The van der Waals surface area contributed by atoms with Crippen molar-refractivity contribution in [3.05, 3.63) is 56.9 Å². The molecule has 5 heteroatoms. The summed E-state index contributed by atoms with van der Waals surface area (Å²) in [6.45, 7) is 1.95. The first-order chi connectivity index (χ1) is 9.00. The zero-order valence-corrected chi connectivity index (χ0v) is 13.7. The first-order valence-corrected chi connectivity index (χ1v) is 7.37. The smallest absolute Gasteiger partial charge is 0.143 e. The molecule has 0 amide bonds. The SMILES string of the molecule is CC(c1ccccc1F)N(C)c1ncc(Br)cc1Br. The molecule has 0 aliphatic carbocycles. The van der Waals surface area contributed by atoms with Crippen LogP contribution >= 0.6 is 31.9 Å². The van der Waals surface area contributed by atoms with Crippen molar-refractivity contribution in [1.82, 2.24) is 4.98 Å². The lowest BCUT2D eigenvalue weighted by Crippen LogP contribution is -2.23. The second-order valence-corrected chi connectivity index (χ2v) is 6.04. The Balaban J connectivity index is 2.33. The van der Waals surface area contributed by atoms with Crippen molar-refractivity contribution in [2.45, 2.75) is 13.0 Å². The van der Waals surface area contributed by atoms with E-state index in [1.54, 1.807) is 18.3 Å². The van der Waals surface area contributed by atoms with Crippen LogP contribution in [0.2, 0.25) is 0 Å². The molecule has 2 nitrogen and oxygen atoms in total. The summed E-state index contributed by atoms with van der Waals surface area (Å²) in [5.74, 6) is 0.578. The van der Waals surface area contributed by atoms with Gasteiger partial charge in [-0.05, 0) is 50.9 Å². The molecule has 0 aliphatic heterocycles. The van der Waals surface area contributed by atoms with Crippen LogP contribution in [0.25, 0.3) is 0 Å². The largest absolute Gasteiger partial charge is 0.352 e. The number of hydrogen-bond acceptors (Lipinski definition) is 2. The second-order valence-electron chi connectivity index (χ2n) is 4.27. The van der Waals surface area contributed by atoms with Crippen molar-refractivity contribution in [3.63, 3.8) is 0 Å². The highest BCUT2D eigenvalue weighted by molar-refractivity contribution is 9.11. The van der Waals surface area contributed by atoms with Gasteiger partial charge < -0.3 is 4.90 Å². The van der Waals surface area contributed by atoms with E-state index in [1.165, 1.54) is 6.07 Å². The summed E-state index contributed by atoms with van der Waals surface area (Å²) in [6, 6.07) is 8.62. The summed E-state index contributed by atoms with van der Waals surface area (Å²) in [6.07, 6.45) is 1.73. The molecule has 0 fully saturated rings. The first kappa shape index (κ1) is 14.5. The number of benzene rings is 1. The fourth-order valence-corrected chi connectivity index (χ4v) is 3.14. The molecule has 0 spiro atoms. The summed E-state index contributed by atoms with van der Waals surface area (Å²) < 4.78 is 15.6. The van der Waals surface area contributed by atoms with Crippen molar-refractivity contribution in [1.29, 1.82) is 0 Å². The average molecular weight is 388 g/mol. The minimum atomic E-state index is -0.199. The lowest BCUT2D eigenvalue weighted by atomic mass is 10.1. The zero-order valence-electron chi connectivity index (χ0n) is 10.6. The third-order valence-corrected chi connectivity index (χ3v) is 4.08. The summed E-state index contributed by atoms with van der Waals surface area (Å²) in [7, 11) is 1.90. The maximum atomic E-state index is 13.8. The molecule has 0 saturated carbocycles. The molecule has 1 atom stereocenters. The normalized spacial score (nSPS) is 12.3. The molecule has 0 radical (unpaired) electrons. The van der Waals surface area contributed by atoms with E-state index >= 15 is 0 Å². The van der Waals surface area contributed by atoms with Gasteiger partial charge in [0.15, 0.2) is 0 Å². The summed E-state index contributed by atoms with van der Waals surface area (Å²) in [4.78, 5) is 6.30. The average Bonchev–Trinajstić information content (AvgIpc) is 2.38. The van der Waals surface area contributed by atoms with Gasteiger partial charge in [0.05, 0.1) is 10.5 Å². The van der Waals surface area contributed by atoms with E-state index in [2.05, 4.69) is 36.8 Å². The molecule has 0 saturated heterocycles. The maximum Gasteiger partial charge on any atom is 0.143 e. The standard InChI is InChI=1S/C14H13Br2FN2/c1-9(11-5-3-4-6-13(11)17)19(2)14-12(16)7-10(15)8-18-14/h3-9H,1-2H3. The predicted octanol–water partition coefficient (Wildman–Crippen LogP) is 4.94. The lowest BCUT2D eigenvalue weighted by molar-refractivity contribution is 0.584. The van der Waals surface area contributed by atoms with Crippen LogP contribution in [0.3, 0.4) is 0 Å². The Morgan fingerprint density at radius 3 is 2.58 bits per heavy atom. The molecule has 0 aliphatic rings. The first-order valence-electron chi connectivity index (χ1n) is 5.79. The Labute approximate surface area is 128 Å². The fourth-order valence-electron chi connectivity index (χ4n) is 1.87. The molecule has 1 heterocycles. The molecule has 1 aromatic heterocycles. The van der Waals surface area contributed by atoms with E-state index in [-0.39, 0.29) is 11.9 Å². The molecule has 2 rings (SSSR count). The molecule has 19 heavy (non-hydrogen) atoms. The Morgan fingerprint density at radius 1 is 1.26 bits per heavy atom. The van der Waals surface area contributed by atoms with Gasteiger partial charge in [-0.15, -0.1) is 0 Å². The topological polar surface area (TPSA) is 16.1 Å². The van der Waals surface area contributed by atoms with Crippen LogP contribution in [0.5, 0.6) is 0 Å². The highest BCUT2D eigenvalue weighted by atomic mass is 79.9. The van der Waals surface area contributed by atoms with Crippen molar-refractivity contribution < 1.29 is 4.39 Å². The molecular weight excluding hydrogens is 375 g/mol. The summed E-state index contributed by atoms with van der Waals surface area (Å²) >= 11 is 6.85. The van der Waals surface area contributed by atoms with Crippen LogP contribution in [0, 0.1) is 5.82 Å². The fraction of sp³-hybridized carbons (Fsp3) is 0.214. The van der Waals surface area contributed by atoms with E-state index in [0.717, 1.165) is 14.8 Å². The number of pyridine rings is 1. The third kappa shape index (κ3) is 3.15. The van der Waals surface area contributed by atoms with Gasteiger partial charge in [-0.1, -0.05) is 18.2 Å². The van der Waals surface area contributed by atoms with Crippen molar-refractivity contribution in [2.75, 3.05) is 11.9 Å². The van der Waals surface area contributed by atoms with Gasteiger partial charge in [-0.2, -0.15) is 0 Å². The number of nitrogens with zero attached hydrogens (tertiary/aromatic N) is 2. The predicted molar refractivity (Wildman–Crippen MR) is 82.9 cm³/mol. The Kier molecular flexibility index (Phi) is 4.58. The van der Waals surface area contributed by atoms with E-state index in [9.17, 15) is 4.39 Å². The van der Waals surface area contributed by atoms with Gasteiger partial charge in [-0.25, -0.2) is 9.37 Å². The summed E-state index contributed by atoms with van der Waals surface area (Å²) in [5, 5.41) is 0. The van der Waals surface area contributed by atoms with Crippen LogP contribution in [-0.2, 0) is 0 Å². The quantitative estimate of drug-likeness (QED) is 0.741. The van der Waals surface area contributed by atoms with Crippen LogP contribution in [0.1, 0.15) is 18.5 Å². The second kappa shape index (κ2) is 6.01. The van der Waals surface area contributed by atoms with Crippen LogP contribution in [-0.4, -0.2) is 12.0 Å². The maximum absolute atomic E-state index is 13.8. The number of aromatic nitrogens is 1. The van der Waals surface area contributed by atoms with Crippen molar-refractivity contribution in [3.8, 4) is 0 Å². The molecule has 0 N–H and O–H groups in total. The van der Waals surface area contributed by atoms with Gasteiger partial charge in [0, 0.05) is 23.3 Å². The van der Waals surface area contributed by atoms with Gasteiger partial charge >= 0.3 is 0 Å². The van der Waals surface area contributed by atoms with E-state index in [4.69, 9.17) is 0 Å². The third-order valence-electron chi connectivity index (χ3n) is 3.06. The Bertz CT molecular complexity index is 589. The number of halogens is 3. The van der Waals surface area contributed by atoms with E-state index in [0.29, 0.717) is 5.56 Å². The van der Waals surface area contributed by atoms with E-state index < -0.39 is 0 Å². The Hall–Kier alpha value is -0.940. The lowest BCUT2D eigenvalue weighted by Gasteiger charge is -2.27. The van der Waals surface area contributed by atoms with E-state index in [1.807, 2.05) is 31.0 Å². The Morgan fingerprint density at radius 2 is 1.95 bits per heavy atom. The highest BCUT2D eigenvalue weighted by Gasteiger charge is 2.18. The van der Waals surface area contributed by atoms with Gasteiger partial charge in [0.2, 0.25) is 0 Å². The number of rotatable bonds is 3. The molecule has 1 unspecified atom stereocenters. The van der Waals surface area contributed by atoms with Crippen molar-refractivity contribution in [2.24, 2.45) is 0 Å². The minimum Gasteiger partial charge on any atom is -0.352 e. The molecule has 2 aromatic rings. The molecule has 100 valence electrons. The highest BCUT2D eigenvalue weighted by Crippen LogP contribution is 2.31. The zero-order chi connectivity index (χ0) is 14.0. The molecule has 1 aromatic carbocycles. The van der Waals surface area contributed by atoms with Crippen LogP contribution in [0.15, 0.2) is 45.5 Å². The number of anilines is 1. The van der Waals surface area contributed by atoms with Crippen molar-refractivity contribution >= 4 is 37.7 Å². The van der Waals surface area contributed by atoms with Gasteiger partial charge in [0.1, 0.15) is 11.6 Å². The van der Waals surface area contributed by atoms with Gasteiger partial charge in [0.25, 0.3) is 0 Å². The van der Waals surface area contributed by atoms with Gasteiger partial charge in [-0.3, -0.25) is 0 Å². The summed E-state index contributed by atoms with van der Waals surface area (Å²) in [5.41, 5.74) is 0.654. The molecule has 0 bridgehead atoms. The number of hydrogen-bond donors (Lipinski definition) is 0.